The molecule has 0 saturated heterocycles. The lowest BCUT2D eigenvalue weighted by molar-refractivity contribution is 0.997. The van der Waals surface area contributed by atoms with Crippen LogP contribution in [0.5, 0.6) is 0 Å². The molecule has 0 radical (unpaired) electrons. The zero-order chi connectivity index (χ0) is 21.2. The van der Waals surface area contributed by atoms with Gasteiger partial charge in [-0.2, -0.15) is 0 Å². The van der Waals surface area contributed by atoms with Crippen molar-refractivity contribution in [3.8, 4) is 22.5 Å². The van der Waals surface area contributed by atoms with E-state index in [4.69, 9.17) is 4.98 Å². The van der Waals surface area contributed by atoms with Crippen molar-refractivity contribution in [3.63, 3.8) is 0 Å². The van der Waals surface area contributed by atoms with Crippen molar-refractivity contribution in [3.05, 3.63) is 107 Å². The van der Waals surface area contributed by atoms with Gasteiger partial charge in [0.2, 0.25) is 0 Å². The van der Waals surface area contributed by atoms with Crippen LogP contribution in [-0.2, 0) is 5.75 Å². The Morgan fingerprint density at radius 3 is 2.35 bits per heavy atom. The number of aromatic nitrogens is 4. The second-order valence-corrected chi connectivity index (χ2v) is 8.27. The van der Waals surface area contributed by atoms with Gasteiger partial charge in [-0.25, -0.2) is 9.97 Å². The Kier molecular flexibility index (Phi) is 5.14. The van der Waals surface area contributed by atoms with Gasteiger partial charge in [-0.3, -0.25) is 9.20 Å². The zero-order valence-electron chi connectivity index (χ0n) is 16.9. The van der Waals surface area contributed by atoms with Crippen molar-refractivity contribution in [2.75, 3.05) is 0 Å². The average Bonchev–Trinajstić information content (AvgIpc) is 3.24. The van der Waals surface area contributed by atoms with Crippen LogP contribution in [0.1, 0.15) is 11.3 Å². The molecule has 152 valence electrons. The number of pyridine rings is 1. The van der Waals surface area contributed by atoms with Crippen LogP contribution < -0.4 is 5.56 Å². The number of aromatic amines is 1. The Bertz CT molecular complexity index is 1350. The molecule has 0 aliphatic rings. The van der Waals surface area contributed by atoms with E-state index in [0.717, 1.165) is 38.9 Å². The number of fused-ring (bicyclic) bond motifs is 1. The van der Waals surface area contributed by atoms with E-state index in [2.05, 4.69) is 34.2 Å². The predicted octanol–water partition coefficient (Wildman–Crippen LogP) is 5.35. The maximum atomic E-state index is 12.5. The molecule has 0 fully saturated rings. The molecule has 0 saturated carbocycles. The van der Waals surface area contributed by atoms with Gasteiger partial charge in [-0.15, -0.1) is 0 Å². The van der Waals surface area contributed by atoms with E-state index in [0.29, 0.717) is 11.4 Å². The topological polar surface area (TPSA) is 63.0 Å². The lowest BCUT2D eigenvalue weighted by atomic mass is 10.1. The first-order valence-electron chi connectivity index (χ1n) is 10.00. The van der Waals surface area contributed by atoms with Crippen LogP contribution in [0.15, 0.2) is 95.0 Å². The molecule has 3 heterocycles. The highest BCUT2D eigenvalue weighted by Crippen LogP contribution is 2.33. The van der Waals surface area contributed by atoms with Gasteiger partial charge in [0.15, 0.2) is 5.16 Å². The molecule has 31 heavy (non-hydrogen) atoms. The van der Waals surface area contributed by atoms with Crippen LogP contribution in [0.25, 0.3) is 28.2 Å². The van der Waals surface area contributed by atoms with E-state index in [1.807, 2.05) is 61.7 Å². The van der Waals surface area contributed by atoms with Crippen LogP contribution in [0, 0.1) is 6.92 Å². The highest BCUT2D eigenvalue weighted by molar-refractivity contribution is 7.98. The number of H-pyrrole nitrogens is 1. The molecule has 5 aromatic rings. The molecule has 6 heteroatoms. The first kappa shape index (κ1) is 19.3. The van der Waals surface area contributed by atoms with Gasteiger partial charge >= 0.3 is 0 Å². The van der Waals surface area contributed by atoms with Crippen LogP contribution in [0.4, 0.5) is 0 Å². The summed E-state index contributed by atoms with van der Waals surface area (Å²) in [4.78, 5) is 25.5. The van der Waals surface area contributed by atoms with Crippen molar-refractivity contribution in [2.24, 2.45) is 0 Å². The van der Waals surface area contributed by atoms with Gasteiger partial charge in [-0.05, 0) is 18.6 Å². The minimum Gasteiger partial charge on any atom is -0.332 e. The number of hydrogen-bond acceptors (Lipinski definition) is 4. The summed E-state index contributed by atoms with van der Waals surface area (Å²) in [6.07, 6.45) is 1.81. The van der Waals surface area contributed by atoms with E-state index in [1.165, 1.54) is 0 Å². The van der Waals surface area contributed by atoms with Crippen molar-refractivity contribution < 1.29 is 0 Å². The summed E-state index contributed by atoms with van der Waals surface area (Å²) in [7, 11) is 0. The molecule has 1 N–H and O–H groups in total. The molecular weight excluding hydrogens is 404 g/mol. The van der Waals surface area contributed by atoms with Crippen LogP contribution in [-0.4, -0.2) is 19.4 Å². The van der Waals surface area contributed by atoms with Crippen LogP contribution in [0.3, 0.4) is 0 Å². The molecule has 5 nitrogen and oxygen atoms in total. The molecule has 0 aliphatic carbocycles. The molecule has 5 rings (SSSR count). The van der Waals surface area contributed by atoms with E-state index < -0.39 is 0 Å². The SMILES string of the molecule is Cc1ccc2nc(CSc3nc(-c4ccccc4)c(-c4ccccc4)[nH]3)cc(=O)n2c1. The van der Waals surface area contributed by atoms with Gasteiger partial charge in [0.05, 0.1) is 17.1 Å². The lowest BCUT2D eigenvalue weighted by Gasteiger charge is -2.04. The standard InChI is InChI=1S/C25H20N4OS/c1-17-12-13-21-26-20(14-22(30)29(21)15-17)16-31-25-27-23(18-8-4-2-5-9-18)24(28-25)19-10-6-3-7-11-19/h2-15H,16H2,1H3,(H,27,28). The fraction of sp³-hybridized carbons (Fsp3) is 0.0800. The summed E-state index contributed by atoms with van der Waals surface area (Å²) in [6, 6.07) is 25.8. The summed E-state index contributed by atoms with van der Waals surface area (Å²) >= 11 is 1.54. The van der Waals surface area contributed by atoms with E-state index in [1.54, 1.807) is 22.2 Å². The second kappa shape index (κ2) is 8.24. The average molecular weight is 425 g/mol. The summed E-state index contributed by atoms with van der Waals surface area (Å²) < 4.78 is 1.58. The van der Waals surface area contributed by atoms with Gasteiger partial charge < -0.3 is 4.98 Å². The van der Waals surface area contributed by atoms with E-state index in [9.17, 15) is 4.79 Å². The number of nitrogens with zero attached hydrogens (tertiary/aromatic N) is 3. The smallest absolute Gasteiger partial charge is 0.258 e. The van der Waals surface area contributed by atoms with Crippen LogP contribution >= 0.6 is 11.8 Å². The van der Waals surface area contributed by atoms with Crippen molar-refractivity contribution >= 4 is 17.4 Å². The minimum atomic E-state index is -0.0707. The molecule has 0 unspecified atom stereocenters. The molecular formula is C25H20N4OS. The third-order valence-corrected chi connectivity index (χ3v) is 5.92. The molecule has 0 aliphatic heterocycles. The van der Waals surface area contributed by atoms with E-state index >= 15 is 0 Å². The number of rotatable bonds is 5. The van der Waals surface area contributed by atoms with Gasteiger partial charge in [0.1, 0.15) is 5.65 Å². The molecule has 2 aromatic carbocycles. The highest BCUT2D eigenvalue weighted by atomic mass is 32.2. The third kappa shape index (κ3) is 4.02. The Hall–Kier alpha value is -3.64. The normalized spacial score (nSPS) is 11.1. The van der Waals surface area contributed by atoms with E-state index in [-0.39, 0.29) is 5.56 Å². The van der Waals surface area contributed by atoms with Gasteiger partial charge in [-0.1, -0.05) is 78.5 Å². The number of thioether (sulfide) groups is 1. The fourth-order valence-corrected chi connectivity index (χ4v) is 4.28. The molecule has 3 aromatic heterocycles. The lowest BCUT2D eigenvalue weighted by Crippen LogP contribution is -2.15. The number of benzene rings is 2. The summed E-state index contributed by atoms with van der Waals surface area (Å²) in [6.45, 7) is 1.96. The van der Waals surface area contributed by atoms with Crippen LogP contribution in [0.2, 0.25) is 0 Å². The summed E-state index contributed by atoms with van der Waals surface area (Å²) in [5.41, 5.74) is 6.38. The third-order valence-electron chi connectivity index (χ3n) is 5.01. The number of hydrogen-bond donors (Lipinski definition) is 1. The number of imidazole rings is 1. The second-order valence-electron chi connectivity index (χ2n) is 7.31. The summed E-state index contributed by atoms with van der Waals surface area (Å²) in [5, 5.41) is 0.795. The Morgan fingerprint density at radius 1 is 0.903 bits per heavy atom. The van der Waals surface area contributed by atoms with Crippen molar-refractivity contribution in [2.45, 2.75) is 17.8 Å². The number of nitrogens with one attached hydrogen (secondary N) is 1. The molecule has 0 atom stereocenters. The largest absolute Gasteiger partial charge is 0.332 e. The maximum Gasteiger partial charge on any atom is 0.258 e. The van der Waals surface area contributed by atoms with Gasteiger partial charge in [0.25, 0.3) is 5.56 Å². The van der Waals surface area contributed by atoms with Crippen molar-refractivity contribution in [1.29, 1.82) is 0 Å². The Morgan fingerprint density at radius 2 is 1.61 bits per heavy atom. The summed E-state index contributed by atoms with van der Waals surface area (Å²) in [5.74, 6) is 0.551. The predicted molar refractivity (Wildman–Crippen MR) is 125 cm³/mol. The molecule has 0 spiro atoms. The molecule has 0 bridgehead atoms. The number of aryl methyl sites for hydroxylation is 1. The Balaban J connectivity index is 1.47. The first-order valence-corrected chi connectivity index (χ1v) is 11.0. The quantitative estimate of drug-likeness (QED) is 0.386. The monoisotopic (exact) mass is 424 g/mol. The fourth-order valence-electron chi connectivity index (χ4n) is 3.51. The highest BCUT2D eigenvalue weighted by Gasteiger charge is 2.15. The first-order chi connectivity index (χ1) is 15.2. The Labute approximate surface area is 183 Å². The minimum absolute atomic E-state index is 0.0707. The molecule has 0 amide bonds. The van der Waals surface area contributed by atoms with Crippen molar-refractivity contribution in [1.82, 2.24) is 19.4 Å². The zero-order valence-corrected chi connectivity index (χ0v) is 17.8. The maximum absolute atomic E-state index is 12.5. The van der Waals surface area contributed by atoms with Gasteiger partial charge in [0, 0.05) is 29.1 Å².